The Bertz CT molecular complexity index is 449. The van der Waals surface area contributed by atoms with Crippen LogP contribution in [0.25, 0.3) is 0 Å². The van der Waals surface area contributed by atoms with Crippen molar-refractivity contribution in [3.63, 3.8) is 0 Å². The summed E-state index contributed by atoms with van der Waals surface area (Å²) in [5, 5.41) is 13.3. The number of thiazole rings is 1. The molecule has 16 heavy (non-hydrogen) atoms. The van der Waals surface area contributed by atoms with Crippen molar-refractivity contribution in [1.82, 2.24) is 4.98 Å². The highest BCUT2D eigenvalue weighted by molar-refractivity contribution is 7.14. The molecule has 5 nitrogen and oxygen atoms in total. The van der Waals surface area contributed by atoms with Crippen LogP contribution in [-0.4, -0.2) is 22.0 Å². The zero-order valence-electron chi connectivity index (χ0n) is 8.34. The Morgan fingerprint density at radius 2 is 2.25 bits per heavy atom. The summed E-state index contributed by atoms with van der Waals surface area (Å²) in [4.78, 5) is 25.6. The van der Waals surface area contributed by atoms with E-state index < -0.39 is 11.9 Å². The fourth-order valence-electron chi connectivity index (χ4n) is 1.20. The fraction of sp³-hybridized carbons (Fsp3) is 0.300. The van der Waals surface area contributed by atoms with Crippen LogP contribution in [-0.2, 0) is 9.59 Å². The first kappa shape index (κ1) is 10.8. The molecule has 1 aliphatic rings. The molecule has 1 aromatic rings. The molecule has 1 aromatic heterocycles. The van der Waals surface area contributed by atoms with Gasteiger partial charge < -0.3 is 5.11 Å². The zero-order valence-corrected chi connectivity index (χ0v) is 9.16. The summed E-state index contributed by atoms with van der Waals surface area (Å²) >= 11 is 1.36. The second-order valence-electron chi connectivity index (χ2n) is 3.51. The Labute approximate surface area is 95.8 Å². The van der Waals surface area contributed by atoms with Crippen LogP contribution in [0.4, 0.5) is 5.13 Å². The topological polar surface area (TPSA) is 79.3 Å². The van der Waals surface area contributed by atoms with Crippen molar-refractivity contribution < 1.29 is 14.7 Å². The molecule has 0 unspecified atom stereocenters. The predicted molar refractivity (Wildman–Crippen MR) is 59.5 cm³/mol. The molecule has 0 radical (unpaired) electrons. The monoisotopic (exact) mass is 238 g/mol. The number of carboxylic acid groups (broad SMARTS) is 1. The van der Waals surface area contributed by atoms with Gasteiger partial charge in [0, 0.05) is 23.5 Å². The van der Waals surface area contributed by atoms with Crippen molar-refractivity contribution in [3.8, 4) is 0 Å². The van der Waals surface area contributed by atoms with Gasteiger partial charge in [-0.1, -0.05) is 0 Å². The van der Waals surface area contributed by atoms with E-state index in [0.717, 1.165) is 30.7 Å². The maximum atomic E-state index is 11.2. The number of carboxylic acids is 1. The standard InChI is InChI=1S/C10H10N2O3S/c13-8(3-4-9(14)15)12-10-11-7(5-16-10)6-1-2-6/h3-6H,1-2H2,(H,14,15)(H,11,12,13). The third-order valence-electron chi connectivity index (χ3n) is 2.12. The highest BCUT2D eigenvalue weighted by Gasteiger charge is 2.26. The summed E-state index contributed by atoms with van der Waals surface area (Å²) in [5.41, 5.74) is 1.02. The lowest BCUT2D eigenvalue weighted by molar-refractivity contribution is -0.131. The van der Waals surface area contributed by atoms with Gasteiger partial charge in [0.2, 0.25) is 5.91 Å². The average molecular weight is 238 g/mol. The van der Waals surface area contributed by atoms with E-state index in [4.69, 9.17) is 5.11 Å². The summed E-state index contributed by atoms with van der Waals surface area (Å²) in [7, 11) is 0. The van der Waals surface area contributed by atoms with Crippen LogP contribution in [0.5, 0.6) is 0 Å². The third kappa shape index (κ3) is 2.90. The third-order valence-corrected chi connectivity index (χ3v) is 2.90. The number of aromatic nitrogens is 1. The summed E-state index contributed by atoms with van der Waals surface area (Å²) in [6.45, 7) is 0. The van der Waals surface area contributed by atoms with E-state index in [-0.39, 0.29) is 0 Å². The van der Waals surface area contributed by atoms with E-state index >= 15 is 0 Å². The Hall–Kier alpha value is -1.69. The normalized spacial score (nSPS) is 15.2. The van der Waals surface area contributed by atoms with Crippen molar-refractivity contribution in [2.75, 3.05) is 5.32 Å². The van der Waals surface area contributed by atoms with Crippen molar-refractivity contribution in [2.45, 2.75) is 18.8 Å². The lowest BCUT2D eigenvalue weighted by Gasteiger charge is -1.94. The molecule has 0 atom stereocenters. The minimum absolute atomic E-state index is 0.473. The number of amides is 1. The smallest absolute Gasteiger partial charge is 0.328 e. The minimum atomic E-state index is -1.15. The van der Waals surface area contributed by atoms with E-state index in [1.54, 1.807) is 0 Å². The molecule has 1 fully saturated rings. The molecule has 6 heteroatoms. The largest absolute Gasteiger partial charge is 0.478 e. The van der Waals surface area contributed by atoms with Gasteiger partial charge in [-0.05, 0) is 12.8 Å². The number of carbonyl (C=O) groups is 2. The molecular formula is C10H10N2O3S. The number of anilines is 1. The number of carbonyl (C=O) groups excluding carboxylic acids is 1. The van der Waals surface area contributed by atoms with Crippen molar-refractivity contribution in [3.05, 3.63) is 23.2 Å². The average Bonchev–Trinajstić information content (AvgIpc) is 2.98. The van der Waals surface area contributed by atoms with Crippen LogP contribution in [0.2, 0.25) is 0 Å². The minimum Gasteiger partial charge on any atom is -0.478 e. The van der Waals surface area contributed by atoms with Gasteiger partial charge in [-0.25, -0.2) is 9.78 Å². The maximum absolute atomic E-state index is 11.2. The molecule has 0 aromatic carbocycles. The highest BCUT2D eigenvalue weighted by Crippen LogP contribution is 2.40. The highest BCUT2D eigenvalue weighted by atomic mass is 32.1. The molecular weight excluding hydrogens is 228 g/mol. The van der Waals surface area contributed by atoms with Crippen LogP contribution in [0.15, 0.2) is 17.5 Å². The quantitative estimate of drug-likeness (QED) is 0.781. The Morgan fingerprint density at radius 3 is 2.88 bits per heavy atom. The summed E-state index contributed by atoms with van der Waals surface area (Å²) in [5.74, 6) is -1.07. The number of hydrogen-bond donors (Lipinski definition) is 2. The molecule has 1 saturated carbocycles. The lowest BCUT2D eigenvalue weighted by atomic mass is 10.3. The first-order valence-corrected chi connectivity index (χ1v) is 5.70. The summed E-state index contributed by atoms with van der Waals surface area (Å²) in [6, 6.07) is 0. The van der Waals surface area contributed by atoms with Crippen molar-refractivity contribution >= 4 is 28.3 Å². The van der Waals surface area contributed by atoms with Gasteiger partial charge in [0.1, 0.15) is 0 Å². The van der Waals surface area contributed by atoms with E-state index in [0.29, 0.717) is 11.0 Å². The van der Waals surface area contributed by atoms with Gasteiger partial charge in [-0.3, -0.25) is 10.1 Å². The Kier molecular flexibility index (Phi) is 3.00. The summed E-state index contributed by atoms with van der Waals surface area (Å²) in [6.07, 6.45) is 4.09. The molecule has 0 spiro atoms. The van der Waals surface area contributed by atoms with Crippen LogP contribution in [0.1, 0.15) is 24.5 Å². The van der Waals surface area contributed by atoms with Gasteiger partial charge in [0.15, 0.2) is 5.13 Å². The number of hydrogen-bond acceptors (Lipinski definition) is 4. The molecule has 84 valence electrons. The Balaban J connectivity index is 1.92. The number of nitrogens with one attached hydrogen (secondary N) is 1. The molecule has 2 rings (SSSR count). The van der Waals surface area contributed by atoms with Gasteiger partial charge in [-0.2, -0.15) is 0 Å². The fourth-order valence-corrected chi connectivity index (χ4v) is 2.00. The van der Waals surface area contributed by atoms with Crippen LogP contribution in [0, 0.1) is 0 Å². The number of nitrogens with zero attached hydrogens (tertiary/aromatic N) is 1. The van der Waals surface area contributed by atoms with Gasteiger partial charge in [0.05, 0.1) is 5.69 Å². The SMILES string of the molecule is O=C(O)C=CC(=O)Nc1nc(C2CC2)cs1. The first-order chi connectivity index (χ1) is 7.65. The van der Waals surface area contributed by atoms with E-state index in [1.807, 2.05) is 5.38 Å². The molecule has 0 saturated heterocycles. The second kappa shape index (κ2) is 4.44. The first-order valence-electron chi connectivity index (χ1n) is 4.82. The molecule has 2 N–H and O–H groups in total. The van der Waals surface area contributed by atoms with Crippen LogP contribution in [0.3, 0.4) is 0 Å². The molecule has 1 aliphatic carbocycles. The van der Waals surface area contributed by atoms with E-state index in [1.165, 1.54) is 11.3 Å². The molecule has 1 heterocycles. The van der Waals surface area contributed by atoms with Gasteiger partial charge in [-0.15, -0.1) is 11.3 Å². The number of rotatable bonds is 4. The van der Waals surface area contributed by atoms with E-state index in [2.05, 4.69) is 10.3 Å². The predicted octanol–water partition coefficient (Wildman–Crippen LogP) is 1.60. The van der Waals surface area contributed by atoms with E-state index in [9.17, 15) is 9.59 Å². The molecule has 0 aliphatic heterocycles. The van der Waals surface area contributed by atoms with Crippen LogP contribution < -0.4 is 5.32 Å². The lowest BCUT2D eigenvalue weighted by Crippen LogP contribution is -2.08. The van der Waals surface area contributed by atoms with Crippen molar-refractivity contribution in [2.24, 2.45) is 0 Å². The number of aliphatic carboxylic acids is 1. The van der Waals surface area contributed by atoms with Gasteiger partial charge >= 0.3 is 5.97 Å². The molecule has 0 bridgehead atoms. The van der Waals surface area contributed by atoms with Crippen LogP contribution >= 0.6 is 11.3 Å². The summed E-state index contributed by atoms with van der Waals surface area (Å²) < 4.78 is 0. The Morgan fingerprint density at radius 1 is 1.50 bits per heavy atom. The second-order valence-corrected chi connectivity index (χ2v) is 4.37. The maximum Gasteiger partial charge on any atom is 0.328 e. The molecule has 1 amide bonds. The van der Waals surface area contributed by atoms with Crippen molar-refractivity contribution in [1.29, 1.82) is 0 Å². The zero-order chi connectivity index (χ0) is 11.5. The van der Waals surface area contributed by atoms with Gasteiger partial charge in [0.25, 0.3) is 0 Å².